The highest BCUT2D eigenvalue weighted by Crippen LogP contribution is 2.39. The molecule has 1 saturated heterocycles. The van der Waals surface area contributed by atoms with E-state index in [1.807, 2.05) is 0 Å². The minimum atomic E-state index is -0.720. The molecule has 1 aliphatic rings. The number of para-hydroxylation sites is 1. The molecule has 1 N–H and O–H groups in total. The van der Waals surface area contributed by atoms with Crippen molar-refractivity contribution < 1.29 is 28.2 Å². The molecule has 3 amide bonds. The van der Waals surface area contributed by atoms with Crippen LogP contribution in [-0.2, 0) is 16.2 Å². The first-order chi connectivity index (χ1) is 18.3. The normalized spacial score (nSPS) is 13.9. The Kier molecular flexibility index (Phi) is 8.31. The van der Waals surface area contributed by atoms with Gasteiger partial charge in [-0.3, -0.25) is 19.3 Å². The molecule has 38 heavy (non-hydrogen) atoms. The molecule has 1 fully saturated rings. The molecule has 0 spiro atoms. The highest BCUT2D eigenvalue weighted by molar-refractivity contribution is 8.18. The Labute approximate surface area is 226 Å². The summed E-state index contributed by atoms with van der Waals surface area (Å²) in [4.78, 5) is 38.5. The minimum absolute atomic E-state index is 0.0554. The lowest BCUT2D eigenvalue weighted by Gasteiger charge is -2.14. The maximum atomic E-state index is 13.8. The number of anilines is 1. The molecule has 1 aliphatic heterocycles. The minimum Gasteiger partial charge on any atom is -0.493 e. The first-order valence-electron chi connectivity index (χ1n) is 11.1. The van der Waals surface area contributed by atoms with Crippen LogP contribution in [0.25, 0.3) is 6.08 Å². The van der Waals surface area contributed by atoms with Gasteiger partial charge in [0.25, 0.3) is 11.1 Å². The predicted octanol–water partition coefficient (Wildman–Crippen LogP) is 5.61. The summed E-state index contributed by atoms with van der Waals surface area (Å²) in [6.45, 7) is -0.496. The molecule has 3 aromatic rings. The summed E-state index contributed by atoms with van der Waals surface area (Å²) >= 11 is 7.10. The van der Waals surface area contributed by atoms with Crippen LogP contribution in [0.2, 0.25) is 5.02 Å². The third-order valence-corrected chi connectivity index (χ3v) is 6.57. The Balaban J connectivity index is 1.49. The SMILES string of the molecule is COc1cc(/C=C2\SC(=O)N(CC(=O)Nc3ccccc3F)C2=O)cc(Cl)c1OCc1ccccc1C#N. The van der Waals surface area contributed by atoms with Gasteiger partial charge < -0.3 is 14.8 Å². The Morgan fingerprint density at radius 3 is 2.66 bits per heavy atom. The second-order valence-corrected chi connectivity index (χ2v) is 9.29. The Bertz CT molecular complexity index is 1500. The van der Waals surface area contributed by atoms with Crippen LogP contribution >= 0.6 is 23.4 Å². The molecule has 4 rings (SSSR count). The Morgan fingerprint density at radius 1 is 1.18 bits per heavy atom. The van der Waals surface area contributed by atoms with E-state index in [0.29, 0.717) is 28.5 Å². The van der Waals surface area contributed by atoms with Crippen molar-refractivity contribution in [2.24, 2.45) is 0 Å². The number of benzene rings is 3. The smallest absolute Gasteiger partial charge is 0.294 e. The quantitative estimate of drug-likeness (QED) is 0.362. The van der Waals surface area contributed by atoms with Crippen molar-refractivity contribution in [2.45, 2.75) is 6.61 Å². The summed E-state index contributed by atoms with van der Waals surface area (Å²) in [5.41, 5.74) is 1.54. The molecule has 0 aromatic heterocycles. The first kappa shape index (κ1) is 26.7. The number of hydrogen-bond donors (Lipinski definition) is 1. The monoisotopic (exact) mass is 551 g/mol. The molecule has 11 heteroatoms. The van der Waals surface area contributed by atoms with Crippen molar-refractivity contribution in [3.63, 3.8) is 0 Å². The molecule has 1 heterocycles. The fraction of sp³-hybridized carbons (Fsp3) is 0.111. The van der Waals surface area contributed by atoms with E-state index in [9.17, 15) is 24.0 Å². The summed E-state index contributed by atoms with van der Waals surface area (Å²) in [6.07, 6.45) is 1.45. The maximum absolute atomic E-state index is 13.8. The van der Waals surface area contributed by atoms with Crippen molar-refractivity contribution >= 4 is 52.2 Å². The Morgan fingerprint density at radius 2 is 1.92 bits per heavy atom. The largest absolute Gasteiger partial charge is 0.493 e. The van der Waals surface area contributed by atoms with E-state index in [-0.39, 0.29) is 33.7 Å². The zero-order valence-corrected chi connectivity index (χ0v) is 21.4. The summed E-state index contributed by atoms with van der Waals surface area (Å²) in [6, 6.07) is 17.8. The van der Waals surface area contributed by atoms with Gasteiger partial charge in [-0.15, -0.1) is 0 Å². The zero-order chi connectivity index (χ0) is 27.2. The molecule has 0 atom stereocenters. The lowest BCUT2D eigenvalue weighted by Crippen LogP contribution is -2.36. The second-order valence-electron chi connectivity index (χ2n) is 7.89. The van der Waals surface area contributed by atoms with E-state index in [1.165, 1.54) is 37.5 Å². The third-order valence-electron chi connectivity index (χ3n) is 5.38. The summed E-state index contributed by atoms with van der Waals surface area (Å²) < 4.78 is 25.0. The molecule has 0 radical (unpaired) electrons. The van der Waals surface area contributed by atoms with Crippen molar-refractivity contribution in [2.75, 3.05) is 19.0 Å². The standard InChI is InChI=1S/C27H19ClFN3O5S/c1-36-22-11-16(10-19(28)25(22)37-15-18-7-3-2-6-17(18)13-30)12-23-26(34)32(27(35)38-23)14-24(33)31-21-9-5-4-8-20(21)29/h2-12H,14-15H2,1H3,(H,31,33)/b23-12-. The molecule has 0 saturated carbocycles. The van der Waals surface area contributed by atoms with Crippen molar-refractivity contribution in [3.8, 4) is 17.6 Å². The molecule has 8 nitrogen and oxygen atoms in total. The van der Waals surface area contributed by atoms with E-state index < -0.39 is 29.4 Å². The molecule has 192 valence electrons. The number of halogens is 2. The number of nitrogens with zero attached hydrogens (tertiary/aromatic N) is 2. The van der Waals surface area contributed by atoms with Gasteiger partial charge in [0.2, 0.25) is 5.91 Å². The molecule has 0 unspecified atom stereocenters. The number of carbonyl (C=O) groups excluding carboxylic acids is 3. The first-order valence-corrected chi connectivity index (χ1v) is 12.3. The van der Waals surface area contributed by atoms with Crippen molar-refractivity contribution in [3.05, 3.63) is 93.1 Å². The van der Waals surface area contributed by atoms with Gasteiger partial charge >= 0.3 is 0 Å². The van der Waals surface area contributed by atoms with Gasteiger partial charge in [0.1, 0.15) is 19.0 Å². The van der Waals surface area contributed by atoms with Gasteiger partial charge in [0.05, 0.1) is 34.4 Å². The van der Waals surface area contributed by atoms with Crippen LogP contribution in [0.5, 0.6) is 11.5 Å². The Hall–Kier alpha value is -4.33. The van der Waals surface area contributed by atoms with Crippen LogP contribution in [0.1, 0.15) is 16.7 Å². The number of nitriles is 1. The van der Waals surface area contributed by atoms with Crippen molar-refractivity contribution in [1.82, 2.24) is 4.90 Å². The second kappa shape index (κ2) is 11.8. The van der Waals surface area contributed by atoms with E-state index in [2.05, 4.69) is 11.4 Å². The van der Waals surface area contributed by atoms with Crippen LogP contribution in [0.4, 0.5) is 14.9 Å². The lowest BCUT2D eigenvalue weighted by molar-refractivity contribution is -0.127. The number of rotatable bonds is 8. The van der Waals surface area contributed by atoms with Crippen LogP contribution < -0.4 is 14.8 Å². The summed E-state index contributed by atoms with van der Waals surface area (Å²) in [5, 5.41) is 11.2. The van der Waals surface area contributed by atoms with E-state index in [0.717, 1.165) is 4.90 Å². The average Bonchev–Trinajstić information content (AvgIpc) is 3.16. The number of ether oxygens (including phenoxy) is 2. The van der Waals surface area contributed by atoms with Crippen LogP contribution in [-0.4, -0.2) is 35.6 Å². The average molecular weight is 552 g/mol. The number of imide groups is 1. The summed E-state index contributed by atoms with van der Waals surface area (Å²) in [5.74, 6) is -1.50. The number of thioether (sulfide) groups is 1. The van der Waals surface area contributed by atoms with Gasteiger partial charge in [0, 0.05) is 5.56 Å². The number of amides is 3. The fourth-order valence-corrected chi connectivity index (χ4v) is 4.66. The van der Waals surface area contributed by atoms with Crippen LogP contribution in [0.15, 0.2) is 65.6 Å². The predicted molar refractivity (Wildman–Crippen MR) is 141 cm³/mol. The molecule has 3 aromatic carbocycles. The molecular weight excluding hydrogens is 533 g/mol. The number of hydrogen-bond acceptors (Lipinski definition) is 7. The number of nitrogens with one attached hydrogen (secondary N) is 1. The van der Waals surface area contributed by atoms with Crippen LogP contribution in [0.3, 0.4) is 0 Å². The van der Waals surface area contributed by atoms with Gasteiger partial charge in [-0.25, -0.2) is 4.39 Å². The fourth-order valence-electron chi connectivity index (χ4n) is 3.55. The van der Waals surface area contributed by atoms with Gasteiger partial charge in [-0.2, -0.15) is 5.26 Å². The topological polar surface area (TPSA) is 109 Å². The summed E-state index contributed by atoms with van der Waals surface area (Å²) in [7, 11) is 1.42. The molecule has 0 aliphatic carbocycles. The third kappa shape index (κ3) is 5.96. The molecular formula is C27H19ClFN3O5S. The lowest BCUT2D eigenvalue weighted by atomic mass is 10.1. The highest BCUT2D eigenvalue weighted by Gasteiger charge is 2.36. The maximum Gasteiger partial charge on any atom is 0.294 e. The highest BCUT2D eigenvalue weighted by atomic mass is 35.5. The van der Waals surface area contributed by atoms with Gasteiger partial charge in [-0.05, 0) is 53.7 Å². The van der Waals surface area contributed by atoms with Crippen LogP contribution in [0, 0.1) is 17.1 Å². The molecule has 0 bridgehead atoms. The van der Waals surface area contributed by atoms with E-state index in [4.69, 9.17) is 21.1 Å². The van der Waals surface area contributed by atoms with Gasteiger partial charge in [0.15, 0.2) is 11.5 Å². The van der Waals surface area contributed by atoms with E-state index >= 15 is 0 Å². The zero-order valence-electron chi connectivity index (χ0n) is 19.9. The van der Waals surface area contributed by atoms with Crippen molar-refractivity contribution in [1.29, 1.82) is 5.26 Å². The van der Waals surface area contributed by atoms with E-state index in [1.54, 1.807) is 36.4 Å². The number of carbonyl (C=O) groups is 3. The number of methoxy groups -OCH3 is 1. The van der Waals surface area contributed by atoms with Gasteiger partial charge in [-0.1, -0.05) is 41.9 Å².